The Hall–Kier alpha value is -5.43. The molecule has 0 amide bonds. The maximum atomic E-state index is 13.4. The van der Waals surface area contributed by atoms with E-state index >= 15 is 0 Å². The quantitative estimate of drug-likeness (QED) is 0.0922. The Kier molecular flexibility index (Phi) is 8.25. The molecule has 0 aliphatic rings. The molecule has 200 valence electrons. The van der Waals surface area contributed by atoms with E-state index in [0.29, 0.717) is 0 Å². The van der Waals surface area contributed by atoms with Crippen LogP contribution in [0.4, 0.5) is 17.1 Å². The summed E-state index contributed by atoms with van der Waals surface area (Å²) in [6.07, 6.45) is -1.46. The van der Waals surface area contributed by atoms with Gasteiger partial charge in [-0.2, -0.15) is 0 Å². The lowest BCUT2D eigenvalue weighted by Gasteiger charge is -2.18. The van der Waals surface area contributed by atoms with Crippen molar-refractivity contribution in [2.75, 3.05) is 0 Å². The lowest BCUT2D eigenvalue weighted by molar-refractivity contribution is -0.396. The van der Waals surface area contributed by atoms with Gasteiger partial charge in [0, 0.05) is 34.2 Å². The minimum Gasteiger partial charge on any atom is -0.445 e. The lowest BCUT2D eigenvalue weighted by atomic mass is 9.99. The fraction of sp³-hybridized carbons (Fsp3) is 0.0370. The number of nitro groups is 3. The predicted molar refractivity (Wildman–Crippen MR) is 142 cm³/mol. The third-order valence-corrected chi connectivity index (χ3v) is 6.75. The first-order valence-electron chi connectivity index (χ1n) is 11.4. The summed E-state index contributed by atoms with van der Waals surface area (Å²) < 4.78 is 5.65. The van der Waals surface area contributed by atoms with Crippen LogP contribution in [0.3, 0.4) is 0 Å². The number of rotatable bonds is 10. The van der Waals surface area contributed by atoms with Gasteiger partial charge < -0.3 is 4.74 Å². The van der Waals surface area contributed by atoms with Gasteiger partial charge in [-0.05, 0) is 30.3 Å². The van der Waals surface area contributed by atoms with E-state index in [-0.39, 0.29) is 32.2 Å². The Labute approximate surface area is 229 Å². The highest BCUT2D eigenvalue weighted by atomic mass is 32.2. The van der Waals surface area contributed by atoms with Gasteiger partial charge in [0.1, 0.15) is 0 Å². The highest BCUT2D eigenvalue weighted by Crippen LogP contribution is 2.39. The summed E-state index contributed by atoms with van der Waals surface area (Å²) in [5, 5.41) is 33.7. The molecule has 4 aromatic rings. The lowest BCUT2D eigenvalue weighted by Crippen LogP contribution is -2.20. The first-order valence-corrected chi connectivity index (χ1v) is 12.2. The third kappa shape index (κ3) is 6.16. The second kappa shape index (κ2) is 12.0. The van der Waals surface area contributed by atoms with Crippen molar-refractivity contribution in [1.82, 2.24) is 0 Å². The van der Waals surface area contributed by atoms with E-state index < -0.39 is 44.0 Å². The van der Waals surface area contributed by atoms with Crippen LogP contribution < -0.4 is 0 Å². The number of carbonyl (C=O) groups is 2. The van der Waals surface area contributed by atoms with Crippen LogP contribution in [0.25, 0.3) is 0 Å². The number of Topliss-reactive ketones (excluding diaryl/α,β-unsaturated/α-hetero) is 1. The molecule has 4 aromatic carbocycles. The number of nitrogens with zero attached hydrogens (tertiary/aromatic N) is 3. The molecule has 4 rings (SSSR count). The average molecular weight is 560 g/mol. The number of hydrogen-bond acceptors (Lipinski definition) is 10. The Morgan fingerprint density at radius 3 is 1.90 bits per heavy atom. The summed E-state index contributed by atoms with van der Waals surface area (Å²) in [6.45, 7) is 0. The molecule has 0 saturated carbocycles. The number of ketones is 1. The van der Waals surface area contributed by atoms with Gasteiger partial charge in [0.05, 0.1) is 31.3 Å². The number of non-ortho nitro benzene ring substituents is 2. The van der Waals surface area contributed by atoms with E-state index in [9.17, 15) is 39.9 Å². The van der Waals surface area contributed by atoms with Gasteiger partial charge in [0.15, 0.2) is 6.10 Å². The number of nitro benzene ring substituents is 3. The van der Waals surface area contributed by atoms with Gasteiger partial charge in [-0.1, -0.05) is 54.2 Å². The molecular weight excluding hydrogens is 542 g/mol. The molecule has 12 nitrogen and oxygen atoms in total. The zero-order valence-corrected chi connectivity index (χ0v) is 21.1. The van der Waals surface area contributed by atoms with Crippen LogP contribution in [0.2, 0.25) is 0 Å². The fourth-order valence-electron chi connectivity index (χ4n) is 3.66. The highest BCUT2D eigenvalue weighted by Gasteiger charge is 2.29. The number of carbonyl (C=O) groups excluding carboxylic acids is 2. The van der Waals surface area contributed by atoms with Gasteiger partial charge in [-0.3, -0.25) is 35.1 Å². The van der Waals surface area contributed by atoms with Gasteiger partial charge in [-0.25, -0.2) is 4.79 Å². The molecule has 1 atom stereocenters. The molecule has 0 aliphatic carbocycles. The summed E-state index contributed by atoms with van der Waals surface area (Å²) in [5.41, 5.74) is -0.786. The minimum absolute atomic E-state index is 0.0204. The van der Waals surface area contributed by atoms with Crippen LogP contribution in [-0.4, -0.2) is 26.5 Å². The van der Waals surface area contributed by atoms with Crippen molar-refractivity contribution in [1.29, 1.82) is 0 Å². The maximum Gasteiger partial charge on any atom is 0.340 e. The van der Waals surface area contributed by atoms with Crippen LogP contribution in [0, 0.1) is 30.3 Å². The summed E-state index contributed by atoms with van der Waals surface area (Å²) in [6, 6.07) is 22.2. The van der Waals surface area contributed by atoms with Crippen molar-refractivity contribution in [2.24, 2.45) is 0 Å². The van der Waals surface area contributed by atoms with E-state index in [1.54, 1.807) is 24.3 Å². The summed E-state index contributed by atoms with van der Waals surface area (Å²) >= 11 is 0.826. The summed E-state index contributed by atoms with van der Waals surface area (Å²) in [7, 11) is 0. The van der Waals surface area contributed by atoms with Crippen molar-refractivity contribution < 1.29 is 29.1 Å². The van der Waals surface area contributed by atoms with Crippen molar-refractivity contribution in [3.8, 4) is 0 Å². The molecule has 40 heavy (non-hydrogen) atoms. The number of ether oxygens (including phenoxy) is 1. The van der Waals surface area contributed by atoms with E-state index in [2.05, 4.69) is 0 Å². The Morgan fingerprint density at radius 1 is 0.675 bits per heavy atom. The molecule has 0 fully saturated rings. The van der Waals surface area contributed by atoms with Crippen LogP contribution in [0.5, 0.6) is 0 Å². The number of esters is 1. The third-order valence-electron chi connectivity index (χ3n) is 5.60. The number of benzene rings is 4. The zero-order chi connectivity index (χ0) is 28.8. The molecule has 13 heteroatoms. The molecule has 0 bridgehead atoms. The van der Waals surface area contributed by atoms with Crippen molar-refractivity contribution >= 4 is 40.6 Å². The van der Waals surface area contributed by atoms with E-state index in [4.69, 9.17) is 4.74 Å². The van der Waals surface area contributed by atoms with Crippen molar-refractivity contribution in [2.45, 2.75) is 15.9 Å². The maximum absolute atomic E-state index is 13.4. The molecule has 0 heterocycles. The van der Waals surface area contributed by atoms with Crippen LogP contribution in [-0.2, 0) is 4.74 Å². The Morgan fingerprint density at radius 2 is 1.27 bits per heavy atom. The Balaban J connectivity index is 1.69. The summed E-state index contributed by atoms with van der Waals surface area (Å²) in [5.74, 6) is -1.50. The molecule has 0 aromatic heterocycles. The van der Waals surface area contributed by atoms with Crippen LogP contribution in [0.15, 0.2) is 107 Å². The van der Waals surface area contributed by atoms with E-state index in [0.717, 1.165) is 23.9 Å². The zero-order valence-electron chi connectivity index (χ0n) is 20.2. The first-order chi connectivity index (χ1) is 19.2. The van der Waals surface area contributed by atoms with Gasteiger partial charge in [0.25, 0.3) is 17.1 Å². The molecule has 0 radical (unpaired) electrons. The molecule has 0 spiro atoms. The van der Waals surface area contributed by atoms with E-state index in [1.807, 2.05) is 0 Å². The summed E-state index contributed by atoms with van der Waals surface area (Å²) in [4.78, 5) is 58.7. The van der Waals surface area contributed by atoms with Crippen LogP contribution >= 0.6 is 11.8 Å². The first kappa shape index (κ1) is 27.6. The second-order valence-corrected chi connectivity index (χ2v) is 9.21. The molecule has 0 N–H and O–H groups in total. The molecule has 0 saturated heterocycles. The average Bonchev–Trinajstić information content (AvgIpc) is 2.96. The van der Waals surface area contributed by atoms with Crippen molar-refractivity contribution in [3.63, 3.8) is 0 Å². The SMILES string of the molecule is O=C(O[C@@H](C(=O)c1ccccc1)c1ccc([N+](=O)[O-])cc1)c1ccccc1Sc1ccc([N+](=O)[O-])cc1[N+](=O)[O-]. The molecular formula is C27H17N3O9S. The molecule has 0 unspecified atom stereocenters. The smallest absolute Gasteiger partial charge is 0.340 e. The van der Waals surface area contributed by atoms with E-state index in [1.165, 1.54) is 60.7 Å². The van der Waals surface area contributed by atoms with Gasteiger partial charge >= 0.3 is 5.97 Å². The van der Waals surface area contributed by atoms with Gasteiger partial charge in [0.2, 0.25) is 5.78 Å². The monoisotopic (exact) mass is 559 g/mol. The normalized spacial score (nSPS) is 11.3. The Bertz CT molecular complexity index is 1630. The highest BCUT2D eigenvalue weighted by molar-refractivity contribution is 7.99. The minimum atomic E-state index is -1.46. The predicted octanol–water partition coefficient (Wildman–Crippen LogP) is 6.34. The number of hydrogen-bond donors (Lipinski definition) is 0. The molecule has 0 aliphatic heterocycles. The topological polar surface area (TPSA) is 173 Å². The second-order valence-electron chi connectivity index (χ2n) is 8.13. The van der Waals surface area contributed by atoms with Gasteiger partial charge in [-0.15, -0.1) is 0 Å². The van der Waals surface area contributed by atoms with Crippen molar-refractivity contribution in [3.05, 3.63) is 144 Å². The largest absolute Gasteiger partial charge is 0.445 e. The standard InChI is InChI=1S/C27H17N3O9S/c31-25(17-6-2-1-3-7-17)26(18-10-12-19(13-11-18)28(33)34)39-27(32)21-8-4-5-9-23(21)40-24-15-14-20(29(35)36)16-22(24)30(37)38/h1-16,26H/t26-/m1/s1. The van der Waals surface area contributed by atoms with Crippen LogP contribution in [0.1, 0.15) is 32.4 Å². The fourth-order valence-corrected chi connectivity index (χ4v) is 4.68.